The summed E-state index contributed by atoms with van der Waals surface area (Å²) in [6.45, 7) is 13.7. The minimum Gasteiger partial charge on any atom is -0.308 e. The van der Waals surface area contributed by atoms with Gasteiger partial charge in [0.15, 0.2) is 0 Å². The SMILES string of the molecule is C=CC(N(CC)CC)P(=O)(OCC)OCC. The lowest BCUT2D eigenvalue weighted by Gasteiger charge is -2.32. The normalized spacial score (nSPS) is 14.1. The predicted molar refractivity (Wildman–Crippen MR) is 67.8 cm³/mol. The number of hydrogen-bond donors (Lipinski definition) is 0. The van der Waals surface area contributed by atoms with Crippen molar-refractivity contribution >= 4 is 7.60 Å². The second kappa shape index (κ2) is 8.02. The van der Waals surface area contributed by atoms with Crippen LogP contribution in [0.1, 0.15) is 27.7 Å². The molecule has 0 aromatic rings. The van der Waals surface area contributed by atoms with Crippen LogP contribution in [0.25, 0.3) is 0 Å². The van der Waals surface area contributed by atoms with Crippen LogP contribution in [0.4, 0.5) is 0 Å². The van der Waals surface area contributed by atoms with Crippen molar-refractivity contribution in [2.45, 2.75) is 33.5 Å². The fraction of sp³-hybridized carbons (Fsp3) is 0.818. The van der Waals surface area contributed by atoms with Gasteiger partial charge in [-0.1, -0.05) is 19.9 Å². The van der Waals surface area contributed by atoms with Crippen LogP contribution in [-0.4, -0.2) is 37.0 Å². The average Bonchev–Trinajstić information content (AvgIpc) is 2.26. The molecule has 0 aromatic carbocycles. The summed E-state index contributed by atoms with van der Waals surface area (Å²) in [6, 6.07) is 0. The molecular weight excluding hydrogens is 225 g/mol. The van der Waals surface area contributed by atoms with E-state index in [0.29, 0.717) is 13.2 Å². The molecule has 0 aliphatic heterocycles. The van der Waals surface area contributed by atoms with Gasteiger partial charge in [0.05, 0.1) is 13.2 Å². The van der Waals surface area contributed by atoms with Crippen molar-refractivity contribution in [3.8, 4) is 0 Å². The second-order valence-electron chi connectivity index (χ2n) is 3.25. The summed E-state index contributed by atoms with van der Waals surface area (Å²) in [5, 5.41) is 0. The molecule has 4 nitrogen and oxygen atoms in total. The molecule has 0 radical (unpaired) electrons. The maximum atomic E-state index is 12.5. The highest BCUT2D eigenvalue weighted by atomic mass is 31.2. The molecule has 1 unspecified atom stereocenters. The Hall–Kier alpha value is -0.150. The molecule has 0 aliphatic rings. The van der Waals surface area contributed by atoms with E-state index in [1.54, 1.807) is 6.08 Å². The van der Waals surface area contributed by atoms with Crippen molar-refractivity contribution in [2.24, 2.45) is 0 Å². The fourth-order valence-corrected chi connectivity index (χ4v) is 3.71. The van der Waals surface area contributed by atoms with Gasteiger partial charge in [-0.15, -0.1) is 6.58 Å². The van der Waals surface area contributed by atoms with Crippen LogP contribution in [0.3, 0.4) is 0 Å². The van der Waals surface area contributed by atoms with Crippen molar-refractivity contribution in [3.63, 3.8) is 0 Å². The van der Waals surface area contributed by atoms with Crippen LogP contribution in [-0.2, 0) is 13.6 Å². The van der Waals surface area contributed by atoms with Crippen LogP contribution in [0.2, 0.25) is 0 Å². The van der Waals surface area contributed by atoms with Crippen molar-refractivity contribution in [1.29, 1.82) is 0 Å². The first-order valence-electron chi connectivity index (χ1n) is 5.84. The smallest absolute Gasteiger partial charge is 0.308 e. The summed E-state index contributed by atoms with van der Waals surface area (Å²) >= 11 is 0. The Labute approximate surface area is 99.1 Å². The quantitative estimate of drug-likeness (QED) is 0.465. The van der Waals surface area contributed by atoms with Crippen LogP contribution in [0, 0.1) is 0 Å². The van der Waals surface area contributed by atoms with Gasteiger partial charge in [-0.2, -0.15) is 0 Å². The van der Waals surface area contributed by atoms with E-state index in [4.69, 9.17) is 9.05 Å². The van der Waals surface area contributed by atoms with Gasteiger partial charge in [0.25, 0.3) is 0 Å². The first kappa shape index (κ1) is 15.9. The summed E-state index contributed by atoms with van der Waals surface area (Å²) in [7, 11) is -3.11. The third kappa shape index (κ3) is 4.02. The molecule has 0 aliphatic carbocycles. The minimum absolute atomic E-state index is 0.359. The number of likely N-dealkylation sites (N-methyl/N-ethyl adjacent to an activating group) is 1. The lowest BCUT2D eigenvalue weighted by molar-refractivity contribution is 0.183. The lowest BCUT2D eigenvalue weighted by atomic mass is 10.4. The van der Waals surface area contributed by atoms with E-state index in [-0.39, 0.29) is 5.78 Å². The molecule has 5 heteroatoms. The van der Waals surface area contributed by atoms with Gasteiger partial charge < -0.3 is 9.05 Å². The Morgan fingerprint density at radius 3 is 1.88 bits per heavy atom. The molecule has 96 valence electrons. The third-order valence-electron chi connectivity index (χ3n) is 2.34. The first-order chi connectivity index (χ1) is 7.59. The molecule has 0 saturated carbocycles. The molecule has 0 aromatic heterocycles. The lowest BCUT2D eigenvalue weighted by Crippen LogP contribution is -2.34. The van der Waals surface area contributed by atoms with Crippen LogP contribution >= 0.6 is 7.60 Å². The summed E-state index contributed by atoms with van der Waals surface area (Å²) < 4.78 is 23.2. The number of hydrogen-bond acceptors (Lipinski definition) is 4. The van der Waals surface area contributed by atoms with E-state index in [0.717, 1.165) is 13.1 Å². The third-order valence-corrected chi connectivity index (χ3v) is 4.76. The van der Waals surface area contributed by atoms with E-state index in [1.165, 1.54) is 0 Å². The van der Waals surface area contributed by atoms with Crippen LogP contribution in [0.5, 0.6) is 0 Å². The standard InChI is InChI=1S/C11H24NO3P/c1-6-11(12(7-2)8-3)16(13,14-9-4)15-10-5/h6,11H,1,7-10H2,2-5H3. The van der Waals surface area contributed by atoms with Gasteiger partial charge in [-0.05, 0) is 26.9 Å². The monoisotopic (exact) mass is 249 g/mol. The highest BCUT2D eigenvalue weighted by Gasteiger charge is 2.36. The van der Waals surface area contributed by atoms with Gasteiger partial charge in [0.2, 0.25) is 0 Å². The van der Waals surface area contributed by atoms with E-state index in [1.807, 2.05) is 32.6 Å². The Morgan fingerprint density at radius 2 is 1.62 bits per heavy atom. The highest BCUT2D eigenvalue weighted by molar-refractivity contribution is 7.54. The van der Waals surface area contributed by atoms with Crippen molar-refractivity contribution in [3.05, 3.63) is 12.7 Å². The number of nitrogens with zero attached hydrogens (tertiary/aromatic N) is 1. The van der Waals surface area contributed by atoms with Gasteiger partial charge in [-0.25, -0.2) is 0 Å². The molecule has 0 saturated heterocycles. The first-order valence-corrected chi connectivity index (χ1v) is 7.46. The van der Waals surface area contributed by atoms with E-state index in [2.05, 4.69) is 6.58 Å². The minimum atomic E-state index is -3.11. The van der Waals surface area contributed by atoms with Crippen LogP contribution in [0.15, 0.2) is 12.7 Å². The molecule has 0 amide bonds. The van der Waals surface area contributed by atoms with Gasteiger partial charge in [-0.3, -0.25) is 9.46 Å². The molecule has 0 fully saturated rings. The molecule has 0 N–H and O–H groups in total. The number of rotatable bonds is 9. The Kier molecular flexibility index (Phi) is 7.94. The largest absolute Gasteiger partial charge is 0.351 e. The van der Waals surface area contributed by atoms with Gasteiger partial charge in [0.1, 0.15) is 5.78 Å². The summed E-state index contributed by atoms with van der Waals surface area (Å²) in [5.41, 5.74) is 0. The fourth-order valence-electron chi connectivity index (χ4n) is 1.63. The summed E-state index contributed by atoms with van der Waals surface area (Å²) in [4.78, 5) is 2.03. The maximum absolute atomic E-state index is 12.5. The second-order valence-corrected chi connectivity index (χ2v) is 5.37. The summed E-state index contributed by atoms with van der Waals surface area (Å²) in [5.74, 6) is -0.359. The van der Waals surface area contributed by atoms with Gasteiger partial charge in [0, 0.05) is 0 Å². The molecule has 0 bridgehead atoms. The highest BCUT2D eigenvalue weighted by Crippen LogP contribution is 2.54. The Morgan fingerprint density at radius 1 is 1.19 bits per heavy atom. The van der Waals surface area contributed by atoms with E-state index < -0.39 is 7.60 Å². The zero-order valence-corrected chi connectivity index (χ0v) is 11.7. The zero-order chi connectivity index (χ0) is 12.6. The molecular formula is C11H24NO3P. The molecule has 0 rings (SSSR count). The summed E-state index contributed by atoms with van der Waals surface area (Å²) in [6.07, 6.45) is 1.65. The molecule has 0 spiro atoms. The average molecular weight is 249 g/mol. The zero-order valence-electron chi connectivity index (χ0n) is 10.8. The molecule has 0 heterocycles. The Bertz CT molecular complexity index is 231. The van der Waals surface area contributed by atoms with E-state index in [9.17, 15) is 4.57 Å². The molecule has 16 heavy (non-hydrogen) atoms. The molecule has 1 atom stereocenters. The maximum Gasteiger partial charge on any atom is 0.351 e. The van der Waals surface area contributed by atoms with Crippen LogP contribution < -0.4 is 0 Å². The van der Waals surface area contributed by atoms with Crippen molar-refractivity contribution in [2.75, 3.05) is 26.3 Å². The van der Waals surface area contributed by atoms with Crippen molar-refractivity contribution < 1.29 is 13.6 Å². The Balaban J connectivity index is 4.96. The predicted octanol–water partition coefficient (Wildman–Crippen LogP) is 3.11. The topological polar surface area (TPSA) is 38.8 Å². The van der Waals surface area contributed by atoms with E-state index >= 15 is 0 Å². The van der Waals surface area contributed by atoms with Gasteiger partial charge >= 0.3 is 7.60 Å². The van der Waals surface area contributed by atoms with Crippen molar-refractivity contribution in [1.82, 2.24) is 4.90 Å².